The second kappa shape index (κ2) is 8.67. The van der Waals surface area contributed by atoms with Gasteiger partial charge in [0.1, 0.15) is 5.82 Å². The Morgan fingerprint density at radius 1 is 0.833 bits per heavy atom. The molecular formula is C26H20FN3. The van der Waals surface area contributed by atoms with Crippen LogP contribution in [0.5, 0.6) is 0 Å². The lowest BCUT2D eigenvalue weighted by Crippen LogP contribution is -2.13. The Hall–Kier alpha value is -3.84. The van der Waals surface area contributed by atoms with Crippen molar-refractivity contribution < 1.29 is 4.39 Å². The van der Waals surface area contributed by atoms with Crippen LogP contribution in [0.2, 0.25) is 0 Å². The van der Waals surface area contributed by atoms with Gasteiger partial charge >= 0.3 is 0 Å². The van der Waals surface area contributed by atoms with Crippen LogP contribution in [0.3, 0.4) is 0 Å². The van der Waals surface area contributed by atoms with E-state index < -0.39 is 5.92 Å². The lowest BCUT2D eigenvalue weighted by molar-refractivity contribution is 0.627. The molecule has 4 aromatic rings. The molecule has 4 heteroatoms. The van der Waals surface area contributed by atoms with Crippen LogP contribution < -0.4 is 0 Å². The Morgan fingerprint density at radius 3 is 2.07 bits per heavy atom. The lowest BCUT2D eigenvalue weighted by Gasteiger charge is -2.25. The zero-order valence-corrected chi connectivity index (χ0v) is 16.5. The molecule has 146 valence electrons. The molecule has 0 saturated carbocycles. The number of rotatable bonds is 5. The minimum absolute atomic E-state index is 0.237. The predicted octanol–water partition coefficient (Wildman–Crippen LogP) is 6.03. The van der Waals surface area contributed by atoms with Gasteiger partial charge in [0.25, 0.3) is 0 Å². The van der Waals surface area contributed by atoms with Crippen LogP contribution in [0.25, 0.3) is 11.1 Å². The van der Waals surface area contributed by atoms with E-state index in [1.807, 2.05) is 55.5 Å². The highest BCUT2D eigenvalue weighted by atomic mass is 19.1. The van der Waals surface area contributed by atoms with E-state index in [1.165, 1.54) is 12.1 Å². The van der Waals surface area contributed by atoms with E-state index in [0.29, 0.717) is 0 Å². The molecule has 30 heavy (non-hydrogen) atoms. The molecule has 0 aliphatic heterocycles. The molecule has 2 aromatic carbocycles. The van der Waals surface area contributed by atoms with Crippen LogP contribution >= 0.6 is 0 Å². The summed E-state index contributed by atoms with van der Waals surface area (Å²) in [5.41, 5.74) is 5.47. The highest BCUT2D eigenvalue weighted by Crippen LogP contribution is 2.41. The van der Waals surface area contributed by atoms with E-state index in [2.05, 4.69) is 16.0 Å². The highest BCUT2D eigenvalue weighted by Gasteiger charge is 2.29. The second-order valence-electron chi connectivity index (χ2n) is 7.20. The summed E-state index contributed by atoms with van der Waals surface area (Å²) in [6.45, 7) is 1.89. The van der Waals surface area contributed by atoms with Gasteiger partial charge in [0.2, 0.25) is 0 Å². The fraction of sp³-hybridized carbons (Fsp3) is 0.115. The summed E-state index contributed by atoms with van der Waals surface area (Å²) in [7, 11) is 0. The van der Waals surface area contributed by atoms with Crippen LogP contribution in [-0.2, 0) is 0 Å². The molecule has 0 aliphatic carbocycles. The van der Waals surface area contributed by atoms with Gasteiger partial charge in [-0.25, -0.2) is 4.39 Å². The van der Waals surface area contributed by atoms with Crippen molar-refractivity contribution in [2.45, 2.75) is 18.8 Å². The first-order valence-corrected chi connectivity index (χ1v) is 9.74. The standard InChI is InChI=1S/C26H20FN3/c1-18-14-21(27)10-11-22(18)23-8-2-3-9-24(23)25(15-28)26(19-6-4-12-29-16-19)20-7-5-13-30-17-20/h2-14,16-17,25-26H,1H3. The summed E-state index contributed by atoms with van der Waals surface area (Å²) in [5.74, 6) is -0.979. The van der Waals surface area contributed by atoms with Crippen LogP contribution in [0.15, 0.2) is 91.5 Å². The first kappa shape index (κ1) is 19.5. The van der Waals surface area contributed by atoms with Gasteiger partial charge < -0.3 is 0 Å². The Kier molecular flexibility index (Phi) is 5.63. The first-order chi connectivity index (χ1) is 14.7. The summed E-state index contributed by atoms with van der Waals surface area (Å²) >= 11 is 0. The predicted molar refractivity (Wildman–Crippen MR) is 115 cm³/mol. The van der Waals surface area contributed by atoms with E-state index >= 15 is 0 Å². The average Bonchev–Trinajstić information content (AvgIpc) is 2.79. The smallest absolute Gasteiger partial charge is 0.123 e. The van der Waals surface area contributed by atoms with E-state index in [1.54, 1.807) is 30.9 Å². The second-order valence-corrected chi connectivity index (χ2v) is 7.20. The largest absolute Gasteiger partial charge is 0.264 e. The van der Waals surface area contributed by atoms with Crippen molar-refractivity contribution in [1.82, 2.24) is 9.97 Å². The number of aromatic nitrogens is 2. The average molecular weight is 393 g/mol. The molecule has 0 spiro atoms. The zero-order chi connectivity index (χ0) is 20.9. The third kappa shape index (κ3) is 3.83. The van der Waals surface area contributed by atoms with Crippen molar-refractivity contribution in [2.24, 2.45) is 0 Å². The summed E-state index contributed by atoms with van der Waals surface area (Å²) in [6.07, 6.45) is 7.05. The van der Waals surface area contributed by atoms with Gasteiger partial charge in [0, 0.05) is 30.7 Å². The fourth-order valence-electron chi connectivity index (χ4n) is 3.96. The van der Waals surface area contributed by atoms with Gasteiger partial charge in [-0.1, -0.05) is 42.5 Å². The minimum atomic E-state index is -0.473. The molecule has 0 amide bonds. The Bertz CT molecular complexity index is 1140. The van der Waals surface area contributed by atoms with Gasteiger partial charge in [-0.2, -0.15) is 5.26 Å². The zero-order valence-electron chi connectivity index (χ0n) is 16.5. The molecule has 3 nitrogen and oxygen atoms in total. The Labute approximate surface area is 175 Å². The van der Waals surface area contributed by atoms with Crippen LogP contribution in [0.1, 0.15) is 34.1 Å². The van der Waals surface area contributed by atoms with E-state index in [-0.39, 0.29) is 11.7 Å². The van der Waals surface area contributed by atoms with E-state index in [4.69, 9.17) is 0 Å². The summed E-state index contributed by atoms with van der Waals surface area (Å²) in [5, 5.41) is 10.3. The number of hydrogen-bond acceptors (Lipinski definition) is 3. The molecule has 2 aromatic heterocycles. The molecule has 2 heterocycles. The van der Waals surface area contributed by atoms with Gasteiger partial charge in [0.05, 0.1) is 12.0 Å². The van der Waals surface area contributed by atoms with E-state index in [9.17, 15) is 9.65 Å². The Balaban J connectivity index is 1.90. The maximum Gasteiger partial charge on any atom is 0.123 e. The van der Waals surface area contributed by atoms with Gasteiger partial charge in [0.15, 0.2) is 0 Å². The number of nitriles is 1. The van der Waals surface area contributed by atoms with Gasteiger partial charge in [-0.3, -0.25) is 9.97 Å². The number of pyridine rings is 2. The van der Waals surface area contributed by atoms with Crippen LogP contribution in [0.4, 0.5) is 4.39 Å². The number of hydrogen-bond donors (Lipinski definition) is 0. The fourth-order valence-corrected chi connectivity index (χ4v) is 3.96. The number of benzene rings is 2. The number of halogens is 1. The minimum Gasteiger partial charge on any atom is -0.264 e. The van der Waals surface area contributed by atoms with Gasteiger partial charge in [-0.05, 0) is 64.6 Å². The SMILES string of the molecule is Cc1cc(F)ccc1-c1ccccc1C(C#N)C(c1cccnc1)c1cccnc1. The van der Waals surface area contributed by atoms with Crippen molar-refractivity contribution in [2.75, 3.05) is 0 Å². The first-order valence-electron chi connectivity index (χ1n) is 9.74. The van der Waals surface area contributed by atoms with Gasteiger partial charge in [-0.15, -0.1) is 0 Å². The summed E-state index contributed by atoms with van der Waals surface area (Å²) < 4.78 is 13.7. The number of nitrogens with zero attached hydrogens (tertiary/aromatic N) is 3. The van der Waals surface area contributed by atoms with Crippen molar-refractivity contribution in [3.05, 3.63) is 120 Å². The summed E-state index contributed by atoms with van der Waals surface area (Å²) in [6, 6.07) is 22.9. The third-order valence-corrected chi connectivity index (χ3v) is 5.33. The molecule has 0 saturated heterocycles. The van der Waals surface area contributed by atoms with Crippen LogP contribution in [0, 0.1) is 24.1 Å². The van der Waals surface area contributed by atoms with Crippen molar-refractivity contribution >= 4 is 0 Å². The maximum atomic E-state index is 13.7. The highest BCUT2D eigenvalue weighted by molar-refractivity contribution is 5.72. The Morgan fingerprint density at radius 2 is 1.50 bits per heavy atom. The normalized spacial score (nSPS) is 11.8. The lowest BCUT2D eigenvalue weighted by atomic mass is 9.76. The molecule has 0 fully saturated rings. The molecule has 0 N–H and O–H groups in total. The molecule has 0 radical (unpaired) electrons. The summed E-state index contributed by atoms with van der Waals surface area (Å²) in [4.78, 5) is 8.55. The monoisotopic (exact) mass is 393 g/mol. The molecule has 4 rings (SSSR count). The molecular weight excluding hydrogens is 373 g/mol. The van der Waals surface area contributed by atoms with E-state index in [0.717, 1.165) is 33.4 Å². The quantitative estimate of drug-likeness (QED) is 0.416. The van der Waals surface area contributed by atoms with Crippen molar-refractivity contribution in [1.29, 1.82) is 5.26 Å². The third-order valence-electron chi connectivity index (χ3n) is 5.33. The van der Waals surface area contributed by atoms with Crippen LogP contribution in [-0.4, -0.2) is 9.97 Å². The molecule has 1 atom stereocenters. The molecule has 1 unspecified atom stereocenters. The van der Waals surface area contributed by atoms with Crippen molar-refractivity contribution in [3.63, 3.8) is 0 Å². The van der Waals surface area contributed by atoms with Crippen molar-refractivity contribution in [3.8, 4) is 17.2 Å². The maximum absolute atomic E-state index is 13.7. The molecule has 0 aliphatic rings. The number of aryl methyl sites for hydroxylation is 1. The molecule has 0 bridgehead atoms. The topological polar surface area (TPSA) is 49.6 Å².